The average Bonchev–Trinajstić information content (AvgIpc) is 3.03. The highest BCUT2D eigenvalue weighted by Gasteiger charge is 2.33. The second kappa shape index (κ2) is 6.24. The van der Waals surface area contributed by atoms with Gasteiger partial charge >= 0.3 is 6.03 Å². The van der Waals surface area contributed by atoms with E-state index < -0.39 is 0 Å². The summed E-state index contributed by atoms with van der Waals surface area (Å²) in [4.78, 5) is 14.1. The van der Waals surface area contributed by atoms with Gasteiger partial charge in [0, 0.05) is 25.2 Å². The molecule has 2 rings (SSSR count). The van der Waals surface area contributed by atoms with Crippen molar-refractivity contribution in [1.82, 2.24) is 10.2 Å². The summed E-state index contributed by atoms with van der Waals surface area (Å²) in [5, 5.41) is 11.9. The molecule has 0 aromatic heterocycles. The molecule has 4 nitrogen and oxygen atoms in total. The van der Waals surface area contributed by atoms with Gasteiger partial charge in [-0.2, -0.15) is 0 Å². The van der Waals surface area contributed by atoms with Crippen LogP contribution >= 0.6 is 0 Å². The lowest BCUT2D eigenvalue weighted by atomic mass is 10.2. The lowest BCUT2D eigenvalue weighted by Gasteiger charge is -2.25. The number of aliphatic hydroxyl groups excluding tert-OH is 1. The number of amides is 2. The molecule has 0 spiro atoms. The highest BCUT2D eigenvalue weighted by molar-refractivity contribution is 5.75. The first-order valence-electron chi connectivity index (χ1n) is 6.99. The number of urea groups is 1. The van der Waals surface area contributed by atoms with Crippen molar-refractivity contribution in [1.29, 1.82) is 0 Å². The van der Waals surface area contributed by atoms with E-state index in [4.69, 9.17) is 5.11 Å². The van der Waals surface area contributed by atoms with E-state index in [1.54, 1.807) is 0 Å². The Balaban J connectivity index is 1.75. The molecule has 2 fully saturated rings. The zero-order chi connectivity index (χ0) is 12.1. The van der Waals surface area contributed by atoms with Crippen molar-refractivity contribution in [2.75, 3.05) is 13.2 Å². The lowest BCUT2D eigenvalue weighted by Crippen LogP contribution is -2.45. The summed E-state index contributed by atoms with van der Waals surface area (Å²) in [5.74, 6) is 0. The van der Waals surface area contributed by atoms with Crippen LogP contribution in [0, 0.1) is 0 Å². The molecule has 2 aliphatic rings. The van der Waals surface area contributed by atoms with Crippen molar-refractivity contribution in [3.05, 3.63) is 0 Å². The molecule has 0 atom stereocenters. The number of hydrogen-bond donors (Lipinski definition) is 2. The van der Waals surface area contributed by atoms with Crippen LogP contribution in [0.4, 0.5) is 4.79 Å². The molecule has 0 bridgehead atoms. The fraction of sp³-hybridized carbons (Fsp3) is 0.923. The monoisotopic (exact) mass is 240 g/mol. The summed E-state index contributed by atoms with van der Waals surface area (Å²) in [6.07, 6.45) is 8.78. The number of hydrogen-bond acceptors (Lipinski definition) is 2. The van der Waals surface area contributed by atoms with Crippen LogP contribution in [0.25, 0.3) is 0 Å². The highest BCUT2D eigenvalue weighted by Crippen LogP contribution is 2.27. The first-order valence-corrected chi connectivity index (χ1v) is 6.99. The second-order valence-corrected chi connectivity index (χ2v) is 5.29. The summed E-state index contributed by atoms with van der Waals surface area (Å²) in [6, 6.07) is 0.994. The Morgan fingerprint density at radius 1 is 1.18 bits per heavy atom. The molecule has 0 aromatic carbocycles. The van der Waals surface area contributed by atoms with Gasteiger partial charge in [-0.15, -0.1) is 0 Å². The zero-order valence-corrected chi connectivity index (χ0v) is 10.5. The van der Waals surface area contributed by atoms with Gasteiger partial charge in [0.1, 0.15) is 0 Å². The molecule has 2 N–H and O–H groups in total. The zero-order valence-electron chi connectivity index (χ0n) is 10.5. The first-order chi connectivity index (χ1) is 8.31. The number of nitrogens with one attached hydrogen (secondary N) is 1. The van der Waals surface area contributed by atoms with Crippen molar-refractivity contribution >= 4 is 6.03 Å². The Morgan fingerprint density at radius 2 is 1.88 bits per heavy atom. The maximum atomic E-state index is 12.1. The van der Waals surface area contributed by atoms with Gasteiger partial charge in [0.2, 0.25) is 0 Å². The number of carbonyl (C=O) groups excluding carboxylic acids is 1. The Labute approximate surface area is 103 Å². The largest absolute Gasteiger partial charge is 0.396 e. The first kappa shape index (κ1) is 12.7. The fourth-order valence-electron chi connectivity index (χ4n) is 2.56. The highest BCUT2D eigenvalue weighted by atomic mass is 16.3. The van der Waals surface area contributed by atoms with Gasteiger partial charge in [0.05, 0.1) is 0 Å². The van der Waals surface area contributed by atoms with Gasteiger partial charge in [-0.05, 0) is 38.5 Å². The van der Waals surface area contributed by atoms with Crippen molar-refractivity contribution in [2.24, 2.45) is 0 Å². The van der Waals surface area contributed by atoms with E-state index in [9.17, 15) is 4.79 Å². The van der Waals surface area contributed by atoms with Gasteiger partial charge in [0.15, 0.2) is 0 Å². The van der Waals surface area contributed by atoms with Crippen molar-refractivity contribution in [3.8, 4) is 0 Å². The van der Waals surface area contributed by atoms with E-state index >= 15 is 0 Å². The topological polar surface area (TPSA) is 52.6 Å². The molecular formula is C13H24N2O2. The molecule has 0 radical (unpaired) electrons. The Morgan fingerprint density at radius 3 is 2.47 bits per heavy atom. The third-order valence-electron chi connectivity index (χ3n) is 3.74. The molecule has 98 valence electrons. The second-order valence-electron chi connectivity index (χ2n) is 5.29. The summed E-state index contributed by atoms with van der Waals surface area (Å²) in [7, 11) is 0. The van der Waals surface area contributed by atoms with Gasteiger partial charge < -0.3 is 15.3 Å². The van der Waals surface area contributed by atoms with Crippen molar-refractivity contribution in [3.63, 3.8) is 0 Å². The smallest absolute Gasteiger partial charge is 0.317 e. The molecule has 0 unspecified atom stereocenters. The van der Waals surface area contributed by atoms with E-state index in [1.165, 1.54) is 12.8 Å². The fourth-order valence-corrected chi connectivity index (χ4v) is 2.56. The summed E-state index contributed by atoms with van der Waals surface area (Å²) < 4.78 is 0. The molecule has 0 aromatic rings. The van der Waals surface area contributed by atoms with E-state index in [2.05, 4.69) is 5.32 Å². The van der Waals surface area contributed by atoms with Gasteiger partial charge in [-0.3, -0.25) is 0 Å². The van der Waals surface area contributed by atoms with E-state index in [0.717, 1.165) is 45.1 Å². The predicted octanol–water partition coefficient (Wildman–Crippen LogP) is 1.88. The van der Waals surface area contributed by atoms with Crippen molar-refractivity contribution < 1.29 is 9.90 Å². The molecule has 17 heavy (non-hydrogen) atoms. The van der Waals surface area contributed by atoms with Crippen LogP contribution in [0.3, 0.4) is 0 Å². The third-order valence-corrected chi connectivity index (χ3v) is 3.74. The van der Waals surface area contributed by atoms with Crippen LogP contribution in [-0.4, -0.2) is 41.3 Å². The van der Waals surface area contributed by atoms with Gasteiger partial charge in [0.25, 0.3) is 0 Å². The number of rotatable bonds is 6. The summed E-state index contributed by atoms with van der Waals surface area (Å²) in [6.45, 7) is 1.02. The Bertz CT molecular complexity index is 248. The Kier molecular flexibility index (Phi) is 4.66. The molecule has 2 amide bonds. The van der Waals surface area contributed by atoms with E-state index in [0.29, 0.717) is 12.1 Å². The number of carbonyl (C=O) groups is 1. The minimum Gasteiger partial charge on any atom is -0.396 e. The van der Waals surface area contributed by atoms with E-state index in [-0.39, 0.29) is 12.6 Å². The van der Waals surface area contributed by atoms with Crippen LogP contribution in [0.5, 0.6) is 0 Å². The van der Waals surface area contributed by atoms with Crippen molar-refractivity contribution in [2.45, 2.75) is 63.5 Å². The molecule has 2 saturated carbocycles. The quantitative estimate of drug-likeness (QED) is 0.696. The molecule has 2 aliphatic carbocycles. The van der Waals surface area contributed by atoms with Crippen LogP contribution in [0.2, 0.25) is 0 Å². The van der Waals surface area contributed by atoms with Crippen LogP contribution in [0.15, 0.2) is 0 Å². The molecule has 0 aliphatic heterocycles. The molecular weight excluding hydrogens is 216 g/mol. The minimum absolute atomic E-state index is 0.123. The normalized spacial score (nSPS) is 20.5. The average molecular weight is 240 g/mol. The number of nitrogens with zero attached hydrogens (tertiary/aromatic N) is 1. The Hall–Kier alpha value is -0.770. The summed E-state index contributed by atoms with van der Waals surface area (Å²) in [5.41, 5.74) is 0. The molecule has 0 heterocycles. The number of unbranched alkanes of at least 4 members (excludes halogenated alkanes) is 1. The maximum absolute atomic E-state index is 12.1. The van der Waals surface area contributed by atoms with Crippen LogP contribution in [0.1, 0.15) is 51.4 Å². The lowest BCUT2D eigenvalue weighted by molar-refractivity contribution is 0.187. The van der Waals surface area contributed by atoms with Gasteiger partial charge in [-0.1, -0.05) is 12.8 Å². The SMILES string of the molecule is O=C(NC1CCCC1)N(CCCCO)C1CC1. The standard InChI is InChI=1S/C13H24N2O2/c16-10-4-3-9-15(12-7-8-12)13(17)14-11-5-1-2-6-11/h11-12,16H,1-10H2,(H,14,17). The van der Waals surface area contributed by atoms with E-state index in [1.807, 2.05) is 4.90 Å². The molecule has 0 saturated heterocycles. The van der Waals surface area contributed by atoms with Crippen LogP contribution < -0.4 is 5.32 Å². The molecule has 4 heteroatoms. The maximum Gasteiger partial charge on any atom is 0.317 e. The minimum atomic E-state index is 0.123. The summed E-state index contributed by atoms with van der Waals surface area (Å²) >= 11 is 0. The number of aliphatic hydroxyl groups is 1. The van der Waals surface area contributed by atoms with Crippen LogP contribution in [-0.2, 0) is 0 Å². The third kappa shape index (κ3) is 3.87. The predicted molar refractivity (Wildman–Crippen MR) is 66.8 cm³/mol. The van der Waals surface area contributed by atoms with Gasteiger partial charge in [-0.25, -0.2) is 4.79 Å².